The number of anilines is 1. The Labute approximate surface area is 201 Å². The molecule has 184 valence electrons. The summed E-state index contributed by atoms with van der Waals surface area (Å²) in [6.45, 7) is 1.59. The van der Waals surface area contributed by atoms with Crippen molar-refractivity contribution in [2.75, 3.05) is 19.5 Å². The van der Waals surface area contributed by atoms with E-state index in [0.717, 1.165) is 11.1 Å². The van der Waals surface area contributed by atoms with Gasteiger partial charge in [-0.15, -0.1) is 0 Å². The summed E-state index contributed by atoms with van der Waals surface area (Å²) in [5.74, 6) is -0.300. The van der Waals surface area contributed by atoms with E-state index >= 15 is 0 Å². The Balaban J connectivity index is 1.92. The number of urea groups is 1. The molecule has 0 aliphatic heterocycles. The topological polar surface area (TPSA) is 139 Å². The van der Waals surface area contributed by atoms with Gasteiger partial charge in [-0.25, -0.2) is 4.79 Å². The van der Waals surface area contributed by atoms with Crippen LogP contribution in [0.2, 0.25) is 0 Å². The van der Waals surface area contributed by atoms with Gasteiger partial charge in [0, 0.05) is 30.4 Å². The van der Waals surface area contributed by atoms with Crippen LogP contribution in [-0.4, -0.2) is 41.0 Å². The van der Waals surface area contributed by atoms with Gasteiger partial charge in [0.15, 0.2) is 5.69 Å². The van der Waals surface area contributed by atoms with Crippen LogP contribution in [-0.2, 0) is 11.8 Å². The number of rotatable bonds is 8. The van der Waals surface area contributed by atoms with E-state index in [-0.39, 0.29) is 11.4 Å². The van der Waals surface area contributed by atoms with Crippen LogP contribution < -0.4 is 25.7 Å². The number of benzene rings is 2. The lowest BCUT2D eigenvalue weighted by molar-refractivity contribution is -0.137. The molecule has 0 radical (unpaired) electrons. The largest absolute Gasteiger partial charge is 0.505 e. The maximum atomic E-state index is 12.7. The number of aryl methyl sites for hydroxylation is 2. The minimum absolute atomic E-state index is 0.296. The normalized spacial score (nSPS) is 11.4. The third kappa shape index (κ3) is 5.72. The first-order chi connectivity index (χ1) is 16.6. The van der Waals surface area contributed by atoms with E-state index in [1.54, 1.807) is 44.4 Å². The number of hydrogen-bond acceptors (Lipinski definition) is 6. The predicted molar refractivity (Wildman–Crippen MR) is 130 cm³/mol. The van der Waals surface area contributed by atoms with Crippen molar-refractivity contribution < 1.29 is 29.3 Å². The monoisotopic (exact) mass is 481 g/mol. The molecular formula is C25H27N3O7. The van der Waals surface area contributed by atoms with Crippen LogP contribution in [0.3, 0.4) is 0 Å². The van der Waals surface area contributed by atoms with Crippen molar-refractivity contribution in [3.63, 3.8) is 0 Å². The number of nitrogens with zero attached hydrogens (tertiary/aromatic N) is 1. The Morgan fingerprint density at radius 1 is 1.11 bits per heavy atom. The second-order valence-electron chi connectivity index (χ2n) is 7.89. The van der Waals surface area contributed by atoms with Crippen LogP contribution in [0.25, 0.3) is 11.1 Å². The minimum atomic E-state index is -1.13. The van der Waals surface area contributed by atoms with E-state index in [1.807, 2.05) is 12.1 Å². The lowest BCUT2D eigenvalue weighted by atomic mass is 9.97. The number of pyridine rings is 1. The Morgan fingerprint density at radius 2 is 1.86 bits per heavy atom. The van der Waals surface area contributed by atoms with Crippen LogP contribution in [0.1, 0.15) is 23.6 Å². The zero-order valence-electron chi connectivity index (χ0n) is 19.8. The van der Waals surface area contributed by atoms with Gasteiger partial charge in [0.1, 0.15) is 17.2 Å². The second-order valence-corrected chi connectivity index (χ2v) is 7.89. The van der Waals surface area contributed by atoms with E-state index < -0.39 is 30.0 Å². The van der Waals surface area contributed by atoms with E-state index in [1.165, 1.54) is 24.9 Å². The molecule has 2 amide bonds. The number of carboxylic acids is 1. The summed E-state index contributed by atoms with van der Waals surface area (Å²) in [4.78, 5) is 36.6. The van der Waals surface area contributed by atoms with Crippen molar-refractivity contribution in [3.8, 4) is 28.4 Å². The summed E-state index contributed by atoms with van der Waals surface area (Å²) in [7, 11) is 4.57. The van der Waals surface area contributed by atoms with Gasteiger partial charge in [-0.05, 0) is 36.2 Å². The smallest absolute Gasteiger partial charge is 0.319 e. The average Bonchev–Trinajstić information content (AvgIpc) is 2.84. The summed E-state index contributed by atoms with van der Waals surface area (Å²) in [5, 5.41) is 24.6. The summed E-state index contributed by atoms with van der Waals surface area (Å²) >= 11 is 0. The van der Waals surface area contributed by atoms with Gasteiger partial charge in [-0.3, -0.25) is 9.59 Å². The summed E-state index contributed by atoms with van der Waals surface area (Å²) in [6, 6.07) is 10.6. The van der Waals surface area contributed by atoms with Crippen LogP contribution in [0.4, 0.5) is 10.5 Å². The van der Waals surface area contributed by atoms with Crippen LogP contribution in [0, 0.1) is 6.92 Å². The molecular weight excluding hydrogens is 454 g/mol. The first-order valence-electron chi connectivity index (χ1n) is 10.7. The fourth-order valence-corrected chi connectivity index (χ4v) is 3.69. The average molecular weight is 482 g/mol. The molecule has 0 fully saturated rings. The molecule has 3 aromatic rings. The lowest BCUT2D eigenvalue weighted by Crippen LogP contribution is -2.36. The maximum Gasteiger partial charge on any atom is 0.319 e. The molecule has 0 aliphatic rings. The zero-order chi connectivity index (χ0) is 25.7. The van der Waals surface area contributed by atoms with E-state index in [0.29, 0.717) is 22.6 Å². The highest BCUT2D eigenvalue weighted by Crippen LogP contribution is 2.34. The number of hydrogen-bond donors (Lipinski definition) is 4. The summed E-state index contributed by atoms with van der Waals surface area (Å²) < 4.78 is 11.9. The first-order valence-corrected chi connectivity index (χ1v) is 10.7. The second kappa shape index (κ2) is 10.6. The molecule has 0 aliphatic carbocycles. The molecule has 1 heterocycles. The standard InChI is InChI=1S/C25H27N3O7/c1-14-13-28(2)24(32)22(23(14)31)27-25(33)26-19(12-21(29)30)16-7-5-6-15(10-16)18-9-8-17(34-3)11-20(18)35-4/h5-11,13,19,31H,12H2,1-4H3,(H,29,30)(H2,26,27,33). The highest BCUT2D eigenvalue weighted by Gasteiger charge is 2.21. The predicted octanol–water partition coefficient (Wildman–Crippen LogP) is 3.42. The van der Waals surface area contributed by atoms with Gasteiger partial charge in [0.05, 0.1) is 26.7 Å². The fourth-order valence-electron chi connectivity index (χ4n) is 3.69. The molecule has 1 atom stereocenters. The van der Waals surface area contributed by atoms with Crippen molar-refractivity contribution in [2.24, 2.45) is 7.05 Å². The minimum Gasteiger partial charge on any atom is -0.505 e. The molecule has 0 spiro atoms. The highest BCUT2D eigenvalue weighted by molar-refractivity contribution is 5.91. The van der Waals surface area contributed by atoms with Crippen molar-refractivity contribution in [3.05, 3.63) is 70.1 Å². The van der Waals surface area contributed by atoms with E-state index in [9.17, 15) is 24.6 Å². The van der Waals surface area contributed by atoms with Gasteiger partial charge >= 0.3 is 12.0 Å². The Hall–Kier alpha value is -4.47. The van der Waals surface area contributed by atoms with Crippen LogP contribution in [0.5, 0.6) is 17.2 Å². The third-order valence-electron chi connectivity index (χ3n) is 5.46. The summed E-state index contributed by atoms with van der Waals surface area (Å²) in [5.41, 5.74) is 1.51. The number of carbonyl (C=O) groups is 2. The number of amides is 2. The zero-order valence-corrected chi connectivity index (χ0v) is 19.8. The quantitative estimate of drug-likeness (QED) is 0.387. The first kappa shape index (κ1) is 25.2. The summed E-state index contributed by atoms with van der Waals surface area (Å²) in [6.07, 6.45) is 1.03. The number of nitrogens with one attached hydrogen (secondary N) is 2. The van der Waals surface area contributed by atoms with E-state index in [4.69, 9.17) is 9.47 Å². The molecule has 3 rings (SSSR count). The third-order valence-corrected chi connectivity index (χ3v) is 5.46. The Morgan fingerprint density at radius 3 is 2.51 bits per heavy atom. The molecule has 10 heteroatoms. The van der Waals surface area contributed by atoms with Gasteiger partial charge in [0.2, 0.25) is 0 Å². The van der Waals surface area contributed by atoms with Gasteiger partial charge < -0.3 is 34.9 Å². The molecule has 0 saturated carbocycles. The van der Waals surface area contributed by atoms with Gasteiger partial charge in [-0.2, -0.15) is 0 Å². The van der Waals surface area contributed by atoms with Crippen molar-refractivity contribution in [2.45, 2.75) is 19.4 Å². The molecule has 0 bridgehead atoms. The molecule has 4 N–H and O–H groups in total. The molecule has 2 aromatic carbocycles. The van der Waals surface area contributed by atoms with E-state index in [2.05, 4.69) is 10.6 Å². The van der Waals surface area contributed by atoms with Crippen molar-refractivity contribution >= 4 is 17.7 Å². The number of aromatic nitrogens is 1. The molecule has 10 nitrogen and oxygen atoms in total. The highest BCUT2D eigenvalue weighted by atomic mass is 16.5. The SMILES string of the molecule is COc1ccc(-c2cccc(C(CC(=O)O)NC(=O)Nc3c(O)c(C)cn(C)c3=O)c2)c(OC)c1. The van der Waals surface area contributed by atoms with Gasteiger partial charge in [-0.1, -0.05) is 18.2 Å². The van der Waals surface area contributed by atoms with Crippen LogP contribution >= 0.6 is 0 Å². The number of aliphatic carboxylic acids is 1. The molecule has 1 aromatic heterocycles. The van der Waals surface area contributed by atoms with Crippen LogP contribution in [0.15, 0.2) is 53.5 Å². The fraction of sp³-hybridized carbons (Fsp3) is 0.240. The van der Waals surface area contributed by atoms with Gasteiger partial charge in [0.25, 0.3) is 5.56 Å². The molecule has 0 saturated heterocycles. The number of carboxylic acid groups (broad SMARTS) is 1. The maximum absolute atomic E-state index is 12.7. The number of carbonyl (C=O) groups excluding carboxylic acids is 1. The number of methoxy groups -OCH3 is 2. The lowest BCUT2D eigenvalue weighted by Gasteiger charge is -2.20. The molecule has 35 heavy (non-hydrogen) atoms. The number of aromatic hydroxyl groups is 1. The Bertz CT molecular complexity index is 1320. The van der Waals surface area contributed by atoms with Crippen molar-refractivity contribution in [1.29, 1.82) is 0 Å². The molecule has 1 unspecified atom stereocenters. The Kier molecular flexibility index (Phi) is 7.65. The van der Waals surface area contributed by atoms with Crippen molar-refractivity contribution in [1.82, 2.24) is 9.88 Å². The number of ether oxygens (including phenoxy) is 2.